The third-order valence-corrected chi connectivity index (χ3v) is 4.84. The topological polar surface area (TPSA) is 12.0 Å². The van der Waals surface area contributed by atoms with Gasteiger partial charge in [0, 0.05) is 10.9 Å². The fraction of sp³-hybridized carbons (Fsp3) is 0.714. The Labute approximate surface area is 114 Å². The number of thiophene rings is 1. The molecule has 0 radical (unpaired) electrons. The lowest BCUT2D eigenvalue weighted by atomic mass is 9.83. The molecule has 0 amide bonds. The molecule has 2 rings (SSSR count). The van der Waals surface area contributed by atoms with E-state index < -0.39 is 0 Å². The van der Waals surface area contributed by atoms with Crippen molar-refractivity contribution in [3.63, 3.8) is 0 Å². The molecule has 1 N–H and O–H groups in total. The highest BCUT2D eigenvalue weighted by atomic mass is 35.5. The molecule has 1 aromatic heterocycles. The van der Waals surface area contributed by atoms with Crippen LogP contribution in [-0.2, 0) is 6.42 Å². The first kappa shape index (κ1) is 13.4. The summed E-state index contributed by atoms with van der Waals surface area (Å²) < 4.78 is 0.927. The Bertz CT molecular complexity index is 337. The highest BCUT2D eigenvalue weighted by Crippen LogP contribution is 2.30. The maximum atomic E-state index is 5.98. The Morgan fingerprint density at radius 1 is 1.41 bits per heavy atom. The second kappa shape index (κ2) is 6.77. The van der Waals surface area contributed by atoms with Crippen LogP contribution in [0.5, 0.6) is 0 Å². The molecule has 1 aromatic rings. The molecule has 1 heterocycles. The number of hydrogen-bond acceptors (Lipinski definition) is 2. The van der Waals surface area contributed by atoms with E-state index in [1.807, 2.05) is 6.07 Å². The standard InChI is InChI=1S/C14H22ClNS/c1-2-8-16-12-5-3-4-11(9-12)10-13-6-7-14(15)17-13/h6-7,11-12,16H,2-5,8-10H2,1H3. The van der Waals surface area contributed by atoms with Crippen molar-refractivity contribution in [2.75, 3.05) is 6.54 Å². The van der Waals surface area contributed by atoms with Crippen LogP contribution in [0.1, 0.15) is 43.9 Å². The highest BCUT2D eigenvalue weighted by molar-refractivity contribution is 7.16. The van der Waals surface area contributed by atoms with Gasteiger partial charge in [-0.15, -0.1) is 11.3 Å². The van der Waals surface area contributed by atoms with E-state index >= 15 is 0 Å². The molecule has 2 atom stereocenters. The summed E-state index contributed by atoms with van der Waals surface area (Å²) in [5.41, 5.74) is 0. The predicted octanol–water partition coefficient (Wildman–Crippen LogP) is 4.50. The Morgan fingerprint density at radius 3 is 3.00 bits per heavy atom. The summed E-state index contributed by atoms with van der Waals surface area (Å²) in [6.45, 7) is 3.41. The van der Waals surface area contributed by atoms with Crippen LogP contribution in [0.3, 0.4) is 0 Å². The summed E-state index contributed by atoms with van der Waals surface area (Å²) in [5, 5.41) is 3.67. The number of halogens is 1. The zero-order valence-corrected chi connectivity index (χ0v) is 12.1. The molecule has 0 saturated heterocycles. The van der Waals surface area contributed by atoms with Gasteiger partial charge in [0.05, 0.1) is 4.34 Å². The van der Waals surface area contributed by atoms with Gasteiger partial charge in [-0.25, -0.2) is 0 Å². The zero-order valence-electron chi connectivity index (χ0n) is 10.5. The lowest BCUT2D eigenvalue weighted by molar-refractivity contribution is 0.285. The Hall–Kier alpha value is -0.0500. The fourth-order valence-electron chi connectivity index (χ4n) is 2.76. The van der Waals surface area contributed by atoms with E-state index in [1.165, 1.54) is 49.9 Å². The highest BCUT2D eigenvalue weighted by Gasteiger charge is 2.21. The molecular weight excluding hydrogens is 250 g/mol. The van der Waals surface area contributed by atoms with Crippen LogP contribution in [0, 0.1) is 5.92 Å². The molecule has 1 aliphatic carbocycles. The van der Waals surface area contributed by atoms with Gasteiger partial charge in [0.25, 0.3) is 0 Å². The van der Waals surface area contributed by atoms with Gasteiger partial charge >= 0.3 is 0 Å². The molecule has 3 heteroatoms. The first-order chi connectivity index (χ1) is 8.28. The van der Waals surface area contributed by atoms with Gasteiger partial charge in [-0.1, -0.05) is 24.9 Å². The minimum Gasteiger partial charge on any atom is -0.314 e. The quantitative estimate of drug-likeness (QED) is 0.831. The fourth-order valence-corrected chi connectivity index (χ4v) is 3.96. The number of rotatable bonds is 5. The second-order valence-electron chi connectivity index (χ2n) is 5.09. The SMILES string of the molecule is CCCNC1CCCC(Cc2ccc(Cl)s2)C1. The molecule has 1 aliphatic rings. The molecule has 2 unspecified atom stereocenters. The monoisotopic (exact) mass is 271 g/mol. The lowest BCUT2D eigenvalue weighted by Gasteiger charge is -2.29. The summed E-state index contributed by atoms with van der Waals surface area (Å²) in [6.07, 6.45) is 7.94. The molecule has 0 spiro atoms. The van der Waals surface area contributed by atoms with Gasteiger partial charge in [0.2, 0.25) is 0 Å². The normalized spacial score (nSPS) is 25.1. The van der Waals surface area contributed by atoms with Crippen molar-refractivity contribution >= 4 is 22.9 Å². The van der Waals surface area contributed by atoms with Gasteiger partial charge in [0.1, 0.15) is 0 Å². The average molecular weight is 272 g/mol. The Balaban J connectivity index is 1.80. The van der Waals surface area contributed by atoms with Crippen LogP contribution in [0.25, 0.3) is 0 Å². The van der Waals surface area contributed by atoms with Crippen molar-refractivity contribution in [3.8, 4) is 0 Å². The number of hydrogen-bond donors (Lipinski definition) is 1. The van der Waals surface area contributed by atoms with Crippen molar-refractivity contribution < 1.29 is 0 Å². The van der Waals surface area contributed by atoms with Crippen LogP contribution in [0.2, 0.25) is 4.34 Å². The number of nitrogens with one attached hydrogen (secondary N) is 1. The summed E-state index contributed by atoms with van der Waals surface area (Å²) in [6, 6.07) is 4.97. The van der Waals surface area contributed by atoms with E-state index in [0.717, 1.165) is 16.3 Å². The maximum absolute atomic E-state index is 5.98. The van der Waals surface area contributed by atoms with Crippen LogP contribution in [-0.4, -0.2) is 12.6 Å². The molecular formula is C14H22ClNS. The first-order valence-corrected chi connectivity index (χ1v) is 7.95. The smallest absolute Gasteiger partial charge is 0.0931 e. The van der Waals surface area contributed by atoms with Crippen LogP contribution in [0.15, 0.2) is 12.1 Å². The molecule has 1 fully saturated rings. The van der Waals surface area contributed by atoms with E-state index in [0.29, 0.717) is 0 Å². The molecule has 1 nitrogen and oxygen atoms in total. The Kier molecular flexibility index (Phi) is 5.33. The largest absolute Gasteiger partial charge is 0.314 e. The van der Waals surface area contributed by atoms with Crippen molar-refractivity contribution in [1.82, 2.24) is 5.32 Å². The van der Waals surface area contributed by atoms with Gasteiger partial charge in [-0.3, -0.25) is 0 Å². The van der Waals surface area contributed by atoms with Crippen molar-refractivity contribution in [3.05, 3.63) is 21.3 Å². The molecule has 1 saturated carbocycles. The third kappa shape index (κ3) is 4.27. The predicted molar refractivity (Wildman–Crippen MR) is 77.1 cm³/mol. The van der Waals surface area contributed by atoms with Crippen molar-refractivity contribution in [1.29, 1.82) is 0 Å². The van der Waals surface area contributed by atoms with Crippen molar-refractivity contribution in [2.24, 2.45) is 5.92 Å². The van der Waals surface area contributed by atoms with Crippen LogP contribution >= 0.6 is 22.9 Å². The van der Waals surface area contributed by atoms with Gasteiger partial charge < -0.3 is 5.32 Å². The van der Waals surface area contributed by atoms with Gasteiger partial charge in [-0.2, -0.15) is 0 Å². The van der Waals surface area contributed by atoms with Gasteiger partial charge in [0.15, 0.2) is 0 Å². The minimum absolute atomic E-state index is 0.754. The summed E-state index contributed by atoms with van der Waals surface area (Å²) in [7, 11) is 0. The summed E-state index contributed by atoms with van der Waals surface area (Å²) >= 11 is 7.73. The second-order valence-corrected chi connectivity index (χ2v) is 6.89. The van der Waals surface area contributed by atoms with Gasteiger partial charge in [-0.05, 0) is 56.7 Å². The average Bonchev–Trinajstić information content (AvgIpc) is 2.73. The summed E-state index contributed by atoms with van der Waals surface area (Å²) in [5.74, 6) is 0.854. The third-order valence-electron chi connectivity index (χ3n) is 3.58. The Morgan fingerprint density at radius 2 is 2.29 bits per heavy atom. The van der Waals surface area contributed by atoms with E-state index in [4.69, 9.17) is 11.6 Å². The van der Waals surface area contributed by atoms with Crippen molar-refractivity contribution in [2.45, 2.75) is 51.5 Å². The maximum Gasteiger partial charge on any atom is 0.0931 e. The van der Waals surface area contributed by atoms with Crippen LogP contribution in [0.4, 0.5) is 0 Å². The molecule has 0 bridgehead atoms. The summed E-state index contributed by atoms with van der Waals surface area (Å²) in [4.78, 5) is 1.45. The van der Waals surface area contributed by atoms with E-state index in [2.05, 4.69) is 18.3 Å². The lowest BCUT2D eigenvalue weighted by Crippen LogP contribution is -2.35. The molecule has 0 aliphatic heterocycles. The zero-order chi connectivity index (χ0) is 12.1. The van der Waals surface area contributed by atoms with E-state index in [9.17, 15) is 0 Å². The molecule has 0 aromatic carbocycles. The van der Waals surface area contributed by atoms with E-state index in [1.54, 1.807) is 11.3 Å². The molecule has 17 heavy (non-hydrogen) atoms. The first-order valence-electron chi connectivity index (χ1n) is 6.75. The molecule has 96 valence electrons. The minimum atomic E-state index is 0.754. The van der Waals surface area contributed by atoms with Crippen LogP contribution < -0.4 is 5.32 Å². The van der Waals surface area contributed by atoms with E-state index in [-0.39, 0.29) is 0 Å².